The highest BCUT2D eigenvalue weighted by molar-refractivity contribution is 7.10. The summed E-state index contributed by atoms with van der Waals surface area (Å²) in [5.41, 5.74) is 0.560. The number of phenols is 3. The summed E-state index contributed by atoms with van der Waals surface area (Å²) in [6, 6.07) is 7.26. The second-order valence-corrected chi connectivity index (χ2v) is 5.28. The van der Waals surface area contributed by atoms with Crippen LogP contribution < -0.4 is 5.32 Å². The van der Waals surface area contributed by atoms with Crippen molar-refractivity contribution in [2.24, 2.45) is 0 Å². The second kappa shape index (κ2) is 5.95. The first-order valence-electron chi connectivity index (χ1n) is 6.13. The van der Waals surface area contributed by atoms with E-state index in [2.05, 4.69) is 18.3 Å². The van der Waals surface area contributed by atoms with Gasteiger partial charge in [-0.2, -0.15) is 0 Å². The van der Waals surface area contributed by atoms with Crippen LogP contribution in [0.3, 0.4) is 0 Å². The van der Waals surface area contributed by atoms with Gasteiger partial charge in [0.2, 0.25) is 5.75 Å². The Morgan fingerprint density at radius 2 is 1.95 bits per heavy atom. The molecule has 0 aliphatic heterocycles. The Morgan fingerprint density at radius 3 is 2.58 bits per heavy atom. The van der Waals surface area contributed by atoms with Crippen LogP contribution in [0.15, 0.2) is 29.6 Å². The molecule has 4 nitrogen and oxygen atoms in total. The number of rotatable bonds is 5. The third kappa shape index (κ3) is 3.00. The maximum atomic E-state index is 9.75. The quantitative estimate of drug-likeness (QED) is 0.635. The molecule has 0 radical (unpaired) electrons. The van der Waals surface area contributed by atoms with E-state index in [-0.39, 0.29) is 17.5 Å². The predicted octanol–water partition coefficient (Wildman–Crippen LogP) is 3.11. The van der Waals surface area contributed by atoms with Crippen LogP contribution in [0.1, 0.15) is 29.8 Å². The number of hydrogen-bond donors (Lipinski definition) is 4. The Labute approximate surface area is 116 Å². The molecule has 0 bridgehead atoms. The maximum Gasteiger partial charge on any atom is 0.200 e. The SMILES string of the molecule is CCC(NCc1ccc(O)c(O)c1O)c1cccs1. The highest BCUT2D eigenvalue weighted by Crippen LogP contribution is 2.37. The summed E-state index contributed by atoms with van der Waals surface area (Å²) in [6.45, 7) is 2.52. The summed E-state index contributed by atoms with van der Waals surface area (Å²) in [7, 11) is 0. The fourth-order valence-electron chi connectivity index (χ4n) is 1.92. The van der Waals surface area contributed by atoms with Gasteiger partial charge in [-0.1, -0.05) is 19.1 Å². The number of thiophene rings is 1. The lowest BCUT2D eigenvalue weighted by molar-refractivity contribution is 0.363. The van der Waals surface area contributed by atoms with Crippen LogP contribution in [-0.2, 0) is 6.54 Å². The number of hydrogen-bond acceptors (Lipinski definition) is 5. The fourth-order valence-corrected chi connectivity index (χ4v) is 2.81. The largest absolute Gasteiger partial charge is 0.504 e. The zero-order chi connectivity index (χ0) is 13.8. The van der Waals surface area contributed by atoms with Gasteiger partial charge in [-0.25, -0.2) is 0 Å². The molecule has 1 aromatic carbocycles. The molecular weight excluding hydrogens is 262 g/mol. The van der Waals surface area contributed by atoms with Crippen molar-refractivity contribution in [3.63, 3.8) is 0 Å². The third-order valence-electron chi connectivity index (χ3n) is 3.05. The minimum Gasteiger partial charge on any atom is -0.504 e. The van der Waals surface area contributed by atoms with E-state index in [4.69, 9.17) is 0 Å². The van der Waals surface area contributed by atoms with Gasteiger partial charge in [-0.15, -0.1) is 11.3 Å². The summed E-state index contributed by atoms with van der Waals surface area (Å²) >= 11 is 1.69. The molecule has 1 aromatic heterocycles. The van der Waals surface area contributed by atoms with Crippen molar-refractivity contribution in [1.29, 1.82) is 0 Å². The van der Waals surface area contributed by atoms with E-state index in [9.17, 15) is 15.3 Å². The van der Waals surface area contributed by atoms with Gasteiger partial charge in [-0.3, -0.25) is 0 Å². The molecule has 1 heterocycles. The molecule has 1 atom stereocenters. The van der Waals surface area contributed by atoms with Gasteiger partial charge in [0.25, 0.3) is 0 Å². The zero-order valence-electron chi connectivity index (χ0n) is 10.6. The van der Waals surface area contributed by atoms with Gasteiger partial charge in [-0.05, 0) is 23.9 Å². The summed E-state index contributed by atoms with van der Waals surface area (Å²) in [5.74, 6) is -1.05. The van der Waals surface area contributed by atoms with Crippen LogP contribution in [-0.4, -0.2) is 15.3 Å². The molecule has 2 aromatic rings. The lowest BCUT2D eigenvalue weighted by Gasteiger charge is -2.16. The monoisotopic (exact) mass is 279 g/mol. The molecule has 0 amide bonds. The Morgan fingerprint density at radius 1 is 1.16 bits per heavy atom. The summed E-state index contributed by atoms with van der Waals surface area (Å²) in [6.07, 6.45) is 0.936. The molecule has 1 unspecified atom stereocenters. The maximum absolute atomic E-state index is 9.75. The molecule has 0 fully saturated rings. The predicted molar refractivity (Wildman–Crippen MR) is 75.6 cm³/mol. The third-order valence-corrected chi connectivity index (χ3v) is 4.03. The normalized spacial score (nSPS) is 12.5. The Balaban J connectivity index is 2.08. The number of nitrogens with one attached hydrogen (secondary N) is 1. The van der Waals surface area contributed by atoms with Gasteiger partial charge in [0, 0.05) is 23.0 Å². The summed E-state index contributed by atoms with van der Waals surface area (Å²) < 4.78 is 0. The first-order valence-corrected chi connectivity index (χ1v) is 7.01. The molecule has 19 heavy (non-hydrogen) atoms. The molecular formula is C14H17NO3S. The number of aromatic hydroxyl groups is 3. The highest BCUT2D eigenvalue weighted by atomic mass is 32.1. The highest BCUT2D eigenvalue weighted by Gasteiger charge is 2.14. The van der Waals surface area contributed by atoms with E-state index in [0.29, 0.717) is 12.1 Å². The van der Waals surface area contributed by atoms with Crippen LogP contribution in [0.25, 0.3) is 0 Å². The van der Waals surface area contributed by atoms with Crippen molar-refractivity contribution < 1.29 is 15.3 Å². The van der Waals surface area contributed by atoms with Crippen molar-refractivity contribution in [3.8, 4) is 17.2 Å². The topological polar surface area (TPSA) is 72.7 Å². The lowest BCUT2D eigenvalue weighted by Crippen LogP contribution is -2.19. The molecule has 0 saturated heterocycles. The van der Waals surface area contributed by atoms with Gasteiger partial charge in [0.1, 0.15) is 0 Å². The molecule has 0 aliphatic carbocycles. The van der Waals surface area contributed by atoms with Crippen molar-refractivity contribution in [2.45, 2.75) is 25.9 Å². The van der Waals surface area contributed by atoms with E-state index in [1.165, 1.54) is 10.9 Å². The molecule has 2 rings (SSSR count). The van der Waals surface area contributed by atoms with E-state index < -0.39 is 5.75 Å². The van der Waals surface area contributed by atoms with Crippen LogP contribution in [0.2, 0.25) is 0 Å². The van der Waals surface area contributed by atoms with Crippen LogP contribution in [0.5, 0.6) is 17.2 Å². The van der Waals surface area contributed by atoms with Gasteiger partial charge in [0.05, 0.1) is 0 Å². The average Bonchev–Trinajstić information content (AvgIpc) is 2.93. The van der Waals surface area contributed by atoms with Gasteiger partial charge in [0.15, 0.2) is 11.5 Å². The average molecular weight is 279 g/mol. The Kier molecular flexibility index (Phi) is 4.29. The zero-order valence-corrected chi connectivity index (χ0v) is 11.4. The second-order valence-electron chi connectivity index (χ2n) is 4.30. The molecule has 0 spiro atoms. The smallest absolute Gasteiger partial charge is 0.200 e. The lowest BCUT2D eigenvalue weighted by atomic mass is 10.1. The molecule has 0 saturated carbocycles. The summed E-state index contributed by atoms with van der Waals surface area (Å²) in [4.78, 5) is 1.24. The van der Waals surface area contributed by atoms with E-state index in [0.717, 1.165) is 6.42 Å². The van der Waals surface area contributed by atoms with Crippen LogP contribution in [0, 0.1) is 0 Å². The minimum atomic E-state index is -0.469. The van der Waals surface area contributed by atoms with E-state index >= 15 is 0 Å². The van der Waals surface area contributed by atoms with Gasteiger partial charge < -0.3 is 20.6 Å². The first kappa shape index (κ1) is 13.7. The van der Waals surface area contributed by atoms with Gasteiger partial charge >= 0.3 is 0 Å². The summed E-state index contributed by atoms with van der Waals surface area (Å²) in [5, 5.41) is 33.8. The van der Waals surface area contributed by atoms with Crippen molar-refractivity contribution >= 4 is 11.3 Å². The Bertz CT molecular complexity index is 540. The fraction of sp³-hybridized carbons (Fsp3) is 0.286. The minimum absolute atomic E-state index is 0.218. The first-order chi connectivity index (χ1) is 9.13. The number of phenolic OH excluding ortho intramolecular Hbond substituents is 3. The van der Waals surface area contributed by atoms with Crippen molar-refractivity contribution in [2.75, 3.05) is 0 Å². The van der Waals surface area contributed by atoms with E-state index in [1.807, 2.05) is 11.4 Å². The van der Waals surface area contributed by atoms with Crippen molar-refractivity contribution in [3.05, 3.63) is 40.1 Å². The van der Waals surface area contributed by atoms with Crippen LogP contribution in [0.4, 0.5) is 0 Å². The molecule has 0 aliphatic rings. The molecule has 5 heteroatoms. The molecule has 102 valence electrons. The van der Waals surface area contributed by atoms with E-state index in [1.54, 1.807) is 17.4 Å². The standard InChI is InChI=1S/C14H17NO3S/c1-2-10(12-4-3-7-19-12)15-8-9-5-6-11(16)14(18)13(9)17/h3-7,10,15-18H,2,8H2,1H3. The number of benzene rings is 1. The Hall–Kier alpha value is -1.72. The van der Waals surface area contributed by atoms with Crippen LogP contribution >= 0.6 is 11.3 Å². The molecule has 4 N–H and O–H groups in total. The van der Waals surface area contributed by atoms with Crippen molar-refractivity contribution in [1.82, 2.24) is 5.32 Å².